The van der Waals surface area contributed by atoms with Crippen LogP contribution < -0.4 is 16.0 Å². The van der Waals surface area contributed by atoms with Crippen molar-refractivity contribution in [2.24, 2.45) is 0 Å². The van der Waals surface area contributed by atoms with Gasteiger partial charge in [0.15, 0.2) is 5.82 Å². The quantitative estimate of drug-likeness (QED) is 0.510. The van der Waals surface area contributed by atoms with Crippen molar-refractivity contribution in [1.29, 1.82) is 0 Å². The summed E-state index contributed by atoms with van der Waals surface area (Å²) in [6.45, 7) is 5.85. The predicted molar refractivity (Wildman–Crippen MR) is 128 cm³/mol. The van der Waals surface area contributed by atoms with Gasteiger partial charge in [-0.15, -0.1) is 0 Å². The molecule has 0 radical (unpaired) electrons. The van der Waals surface area contributed by atoms with Gasteiger partial charge in [0.05, 0.1) is 6.04 Å². The second-order valence-corrected chi connectivity index (χ2v) is 9.22. The predicted octanol–water partition coefficient (Wildman–Crippen LogP) is 3.62. The van der Waals surface area contributed by atoms with Crippen molar-refractivity contribution >= 4 is 29.2 Å². The van der Waals surface area contributed by atoms with E-state index in [-0.39, 0.29) is 11.9 Å². The van der Waals surface area contributed by atoms with E-state index in [4.69, 9.17) is 0 Å². The Morgan fingerprint density at radius 1 is 1.15 bits per heavy atom. The molecular formula is C24H30N8O. The van der Waals surface area contributed by atoms with Crippen molar-refractivity contribution in [3.8, 4) is 0 Å². The third kappa shape index (κ3) is 4.98. The van der Waals surface area contributed by atoms with Gasteiger partial charge >= 0.3 is 0 Å². The zero-order chi connectivity index (χ0) is 22.9. The molecule has 0 atom stereocenters. The normalized spacial score (nSPS) is 15.9. The van der Waals surface area contributed by atoms with E-state index in [2.05, 4.69) is 61.2 Å². The number of benzene rings is 1. The van der Waals surface area contributed by atoms with Crippen LogP contribution in [0.2, 0.25) is 0 Å². The van der Waals surface area contributed by atoms with Gasteiger partial charge in [0.25, 0.3) is 5.91 Å². The van der Waals surface area contributed by atoms with Gasteiger partial charge in [-0.25, -0.2) is 4.98 Å². The molecule has 0 spiro atoms. The highest BCUT2D eigenvalue weighted by atomic mass is 16.1. The Labute approximate surface area is 193 Å². The molecule has 1 fully saturated rings. The first kappa shape index (κ1) is 21.4. The molecule has 0 saturated heterocycles. The molecule has 1 aliphatic heterocycles. The van der Waals surface area contributed by atoms with E-state index in [0.29, 0.717) is 29.2 Å². The Morgan fingerprint density at radius 3 is 2.79 bits per heavy atom. The molecule has 0 bridgehead atoms. The van der Waals surface area contributed by atoms with E-state index in [0.717, 1.165) is 38.0 Å². The van der Waals surface area contributed by atoms with E-state index in [1.54, 1.807) is 6.20 Å². The molecule has 9 nitrogen and oxygen atoms in total. The molecule has 2 aromatic heterocycles. The lowest BCUT2D eigenvalue weighted by Crippen LogP contribution is -2.31. The van der Waals surface area contributed by atoms with Crippen LogP contribution in [0.25, 0.3) is 0 Å². The molecule has 2 aliphatic rings. The lowest BCUT2D eigenvalue weighted by molar-refractivity contribution is 0.0943. The Kier molecular flexibility index (Phi) is 5.72. The molecule has 1 aliphatic carbocycles. The standard InChI is InChI=1S/C24H30N8O/c1-15(2)26-23(33)20-13-25-24(27-18-5-4-16-8-10-31(3)14-17(16)12-18)29-22(20)28-21-9-11-32(30-21)19-6-7-19/h4-5,9,11-13,15,19H,6-8,10,14H2,1-3H3,(H,26,33)(H2,25,27,28,29,30). The number of aromatic nitrogens is 4. The van der Waals surface area contributed by atoms with Crippen molar-refractivity contribution in [1.82, 2.24) is 30.0 Å². The van der Waals surface area contributed by atoms with Gasteiger partial charge in [0.1, 0.15) is 11.4 Å². The van der Waals surface area contributed by atoms with E-state index in [9.17, 15) is 4.79 Å². The van der Waals surface area contributed by atoms with Crippen LogP contribution in [0.15, 0.2) is 36.7 Å². The third-order valence-electron chi connectivity index (χ3n) is 5.89. The molecule has 0 unspecified atom stereocenters. The van der Waals surface area contributed by atoms with Crippen LogP contribution >= 0.6 is 0 Å². The van der Waals surface area contributed by atoms with E-state index >= 15 is 0 Å². The minimum absolute atomic E-state index is 0.00542. The molecule has 33 heavy (non-hydrogen) atoms. The molecule has 1 amide bonds. The van der Waals surface area contributed by atoms with E-state index in [1.807, 2.05) is 30.8 Å². The first-order valence-electron chi connectivity index (χ1n) is 11.5. The third-order valence-corrected chi connectivity index (χ3v) is 5.89. The second-order valence-electron chi connectivity index (χ2n) is 9.22. The first-order valence-corrected chi connectivity index (χ1v) is 11.5. The molecular weight excluding hydrogens is 416 g/mol. The number of nitrogens with one attached hydrogen (secondary N) is 3. The zero-order valence-corrected chi connectivity index (χ0v) is 19.3. The van der Waals surface area contributed by atoms with E-state index < -0.39 is 0 Å². The fraction of sp³-hybridized carbons (Fsp3) is 0.417. The number of nitrogens with zero attached hydrogens (tertiary/aromatic N) is 5. The molecule has 3 N–H and O–H groups in total. The Balaban J connectivity index is 1.41. The maximum atomic E-state index is 12.8. The summed E-state index contributed by atoms with van der Waals surface area (Å²) in [6, 6.07) is 8.76. The minimum Gasteiger partial charge on any atom is -0.350 e. The number of carbonyl (C=O) groups is 1. The average Bonchev–Trinajstić information content (AvgIpc) is 3.52. The van der Waals surface area contributed by atoms with Crippen molar-refractivity contribution in [3.63, 3.8) is 0 Å². The van der Waals surface area contributed by atoms with Crippen LogP contribution in [0.5, 0.6) is 0 Å². The number of fused-ring (bicyclic) bond motifs is 1. The number of hydrogen-bond donors (Lipinski definition) is 3. The number of hydrogen-bond acceptors (Lipinski definition) is 7. The summed E-state index contributed by atoms with van der Waals surface area (Å²) in [7, 11) is 2.13. The number of amides is 1. The number of carbonyl (C=O) groups excluding carboxylic acids is 1. The maximum absolute atomic E-state index is 12.8. The van der Waals surface area contributed by atoms with Crippen molar-refractivity contribution < 1.29 is 4.79 Å². The average molecular weight is 447 g/mol. The molecule has 9 heteroatoms. The van der Waals surface area contributed by atoms with Gasteiger partial charge in [0, 0.05) is 43.3 Å². The van der Waals surface area contributed by atoms with E-state index in [1.165, 1.54) is 11.1 Å². The highest BCUT2D eigenvalue weighted by Crippen LogP contribution is 2.34. The highest BCUT2D eigenvalue weighted by Gasteiger charge is 2.24. The van der Waals surface area contributed by atoms with Crippen molar-refractivity contribution in [2.75, 3.05) is 24.2 Å². The molecule has 1 aromatic carbocycles. The van der Waals surface area contributed by atoms with Gasteiger partial charge in [-0.1, -0.05) is 6.07 Å². The second kappa shape index (κ2) is 8.82. The zero-order valence-electron chi connectivity index (χ0n) is 19.3. The Bertz CT molecular complexity index is 1170. The summed E-state index contributed by atoms with van der Waals surface area (Å²) in [5.74, 6) is 1.27. The topological polar surface area (TPSA) is 100 Å². The SMILES string of the molecule is CC(C)NC(=O)c1cnc(Nc2ccc3c(c2)CN(C)CC3)nc1Nc1ccn(C2CC2)n1. The largest absolute Gasteiger partial charge is 0.350 e. The van der Waals surface area contributed by atoms with Crippen LogP contribution in [0.1, 0.15) is 54.2 Å². The summed E-state index contributed by atoms with van der Waals surface area (Å²) in [5, 5.41) is 14.0. The number of rotatable bonds is 7. The Hall–Kier alpha value is -3.46. The number of anilines is 4. The van der Waals surface area contributed by atoms with Crippen LogP contribution in [0, 0.1) is 0 Å². The van der Waals surface area contributed by atoms with Crippen LogP contribution in [0.3, 0.4) is 0 Å². The molecule has 1 saturated carbocycles. The highest BCUT2D eigenvalue weighted by molar-refractivity contribution is 5.99. The van der Waals surface area contributed by atoms with Gasteiger partial charge in [0.2, 0.25) is 5.95 Å². The lowest BCUT2D eigenvalue weighted by Gasteiger charge is -2.25. The monoisotopic (exact) mass is 446 g/mol. The summed E-state index contributed by atoms with van der Waals surface area (Å²) >= 11 is 0. The molecule has 3 aromatic rings. The van der Waals surface area contributed by atoms with Crippen LogP contribution in [-0.4, -0.2) is 50.2 Å². The molecule has 5 rings (SSSR count). The number of likely N-dealkylation sites (N-methyl/N-ethyl adjacent to an activating group) is 1. The first-order chi connectivity index (χ1) is 15.9. The van der Waals surface area contributed by atoms with Gasteiger partial charge in [-0.2, -0.15) is 10.1 Å². The van der Waals surface area contributed by atoms with Gasteiger partial charge < -0.3 is 20.9 Å². The van der Waals surface area contributed by atoms with Crippen LogP contribution in [-0.2, 0) is 13.0 Å². The van der Waals surface area contributed by atoms with Crippen molar-refractivity contribution in [3.05, 3.63) is 53.3 Å². The van der Waals surface area contributed by atoms with Gasteiger partial charge in [-0.3, -0.25) is 9.48 Å². The summed E-state index contributed by atoms with van der Waals surface area (Å²) in [4.78, 5) is 24.1. The molecule has 172 valence electrons. The maximum Gasteiger partial charge on any atom is 0.256 e. The fourth-order valence-electron chi connectivity index (χ4n) is 4.02. The summed E-state index contributed by atoms with van der Waals surface area (Å²) in [6.07, 6.45) is 6.88. The minimum atomic E-state index is -0.225. The lowest BCUT2D eigenvalue weighted by atomic mass is 9.99. The molecule has 3 heterocycles. The smallest absolute Gasteiger partial charge is 0.256 e. The van der Waals surface area contributed by atoms with Crippen LogP contribution in [0.4, 0.5) is 23.3 Å². The fourth-order valence-corrected chi connectivity index (χ4v) is 4.02. The summed E-state index contributed by atoms with van der Waals surface area (Å²) in [5.41, 5.74) is 3.99. The summed E-state index contributed by atoms with van der Waals surface area (Å²) < 4.78 is 1.96. The van der Waals surface area contributed by atoms with Crippen molar-refractivity contribution in [2.45, 2.75) is 51.7 Å². The Morgan fingerprint density at radius 2 is 2.00 bits per heavy atom. The van der Waals surface area contributed by atoms with Gasteiger partial charge in [-0.05, 0) is 63.4 Å².